The summed E-state index contributed by atoms with van der Waals surface area (Å²) in [7, 11) is 6.47. The molecule has 18 rings (SSSR count). The highest BCUT2D eigenvalue weighted by Gasteiger charge is 2.37. The highest BCUT2D eigenvalue weighted by atomic mass is 16.2. The molecule has 30 heteroatoms. The second-order valence-corrected chi connectivity index (χ2v) is 33.5. The van der Waals surface area contributed by atoms with E-state index in [1.165, 1.54) is 29.5 Å². The number of aromatic nitrogens is 15. The van der Waals surface area contributed by atoms with E-state index in [1.54, 1.807) is 60.2 Å². The topological polar surface area (TPSA) is 307 Å². The molecule has 0 spiro atoms. The summed E-state index contributed by atoms with van der Waals surface area (Å²) in [5.41, 5.74) is 18.9. The van der Waals surface area contributed by atoms with E-state index < -0.39 is 11.1 Å². The second-order valence-electron chi connectivity index (χ2n) is 33.5. The molecule has 622 valence electrons. The van der Waals surface area contributed by atoms with Gasteiger partial charge in [-0.3, -0.25) is 19.2 Å². The maximum Gasteiger partial charge on any atom is 0.278 e. The molecule has 3 aromatic carbocycles. The van der Waals surface area contributed by atoms with E-state index in [2.05, 4.69) is 169 Å². The van der Waals surface area contributed by atoms with Crippen molar-refractivity contribution in [2.45, 2.75) is 129 Å². The van der Waals surface area contributed by atoms with Crippen LogP contribution in [-0.4, -0.2) is 193 Å². The first-order valence-corrected chi connectivity index (χ1v) is 41.7. The third-order valence-corrected chi connectivity index (χ3v) is 24.1. The number of fused-ring (bicyclic) bond motifs is 6. The Morgan fingerprint density at radius 2 is 0.733 bits per heavy atom. The zero-order valence-corrected chi connectivity index (χ0v) is 70.1. The number of anilines is 9. The fourth-order valence-electron chi connectivity index (χ4n) is 17.5. The number of hydrogen-bond donors (Lipinski definition) is 5. The van der Waals surface area contributed by atoms with Crippen LogP contribution in [0, 0.1) is 0 Å². The van der Waals surface area contributed by atoms with E-state index in [4.69, 9.17) is 35.6 Å². The van der Waals surface area contributed by atoms with Crippen LogP contribution in [0.25, 0.3) is 50.6 Å². The zero-order valence-electron chi connectivity index (χ0n) is 70.1. The number of nitrogens with two attached hydrogens (primary N) is 1. The van der Waals surface area contributed by atoms with Crippen molar-refractivity contribution in [1.82, 2.24) is 93.0 Å². The van der Waals surface area contributed by atoms with Crippen LogP contribution in [0.3, 0.4) is 0 Å². The number of benzene rings is 3. The largest absolute Gasteiger partial charge is 0.369 e. The van der Waals surface area contributed by atoms with Gasteiger partial charge in [0.1, 0.15) is 16.2 Å². The van der Waals surface area contributed by atoms with Crippen molar-refractivity contribution >= 4 is 91.0 Å². The number of rotatable bonds is 19. The number of allylic oxidation sites excluding steroid dienone is 3. The first-order valence-electron chi connectivity index (χ1n) is 41.7. The lowest BCUT2D eigenvalue weighted by molar-refractivity contribution is -0.121. The second kappa shape index (κ2) is 34.1. The number of amides is 1. The smallest absolute Gasteiger partial charge is 0.278 e. The van der Waals surface area contributed by atoms with Crippen LogP contribution in [0.1, 0.15) is 107 Å². The lowest BCUT2D eigenvalue weighted by Crippen LogP contribution is -2.45. The molecule has 0 saturated carbocycles. The van der Waals surface area contributed by atoms with E-state index in [0.717, 1.165) is 182 Å². The number of aryl methyl sites for hydroxylation is 3. The number of hydrogen-bond acceptors (Lipinski definition) is 23. The van der Waals surface area contributed by atoms with Crippen molar-refractivity contribution in [2.75, 3.05) is 130 Å². The van der Waals surface area contributed by atoms with Crippen LogP contribution in [0.5, 0.6) is 0 Å². The van der Waals surface area contributed by atoms with Crippen LogP contribution in [0.15, 0.2) is 180 Å². The van der Waals surface area contributed by atoms with Crippen molar-refractivity contribution < 1.29 is 4.79 Å². The SMILES string of the molecule is C=CCn1c(=O)c2cnc(Nc3ccc(N4CCN(C)CC4)cc3)nc2n1-c1ccc2c(n1)C(C)(C)CCC2.C=CCn1c(=O)c2cnc(Nc3ccc(N4CCN(C)CC4)cc3)nc2n1-c1ccc2c(n1)C(C)(N)CCC2.C=CCn1c(=O)c2cnc(Nc3ccc(N4CCN(C)CC4)cc3)nc2n1-c1ccc2c(n1)[C@](C)(NC(C)=O)CCC2. The Hall–Kier alpha value is -12.5. The molecule has 120 heavy (non-hydrogen) atoms. The summed E-state index contributed by atoms with van der Waals surface area (Å²) in [5.74, 6) is 2.93. The molecule has 6 aliphatic rings. The molecule has 3 saturated heterocycles. The third-order valence-electron chi connectivity index (χ3n) is 24.1. The summed E-state index contributed by atoms with van der Waals surface area (Å²) >= 11 is 0. The van der Waals surface area contributed by atoms with E-state index in [-0.39, 0.29) is 34.5 Å². The maximum absolute atomic E-state index is 13.5. The van der Waals surface area contributed by atoms with E-state index in [9.17, 15) is 19.2 Å². The number of nitrogens with one attached hydrogen (secondary N) is 4. The normalized spacial score (nSPS) is 18.7. The number of nitrogens with zero attached hydrogens (tertiary/aromatic N) is 21. The minimum absolute atomic E-state index is 0.0197. The van der Waals surface area contributed by atoms with Gasteiger partial charge in [0, 0.05) is 144 Å². The lowest BCUT2D eigenvalue weighted by Gasteiger charge is -2.35. The Kier molecular flexibility index (Phi) is 23.1. The van der Waals surface area contributed by atoms with E-state index in [1.807, 2.05) is 79.2 Å². The van der Waals surface area contributed by atoms with Crippen LogP contribution in [-0.2, 0) is 60.2 Å². The Balaban J connectivity index is 0.000000134. The molecule has 3 aliphatic carbocycles. The molecular weight excluding hydrogens is 1510 g/mol. The van der Waals surface area contributed by atoms with Crippen LogP contribution in [0.2, 0.25) is 0 Å². The minimum atomic E-state index is -0.597. The Bertz CT molecular complexity index is 5770. The molecule has 3 aliphatic heterocycles. The third kappa shape index (κ3) is 16.7. The van der Waals surface area contributed by atoms with Gasteiger partial charge in [-0.25, -0.2) is 58.0 Å². The summed E-state index contributed by atoms with van der Waals surface area (Å²) in [6, 6.07) is 37.0. The molecule has 3 fully saturated rings. The van der Waals surface area contributed by atoms with Gasteiger partial charge in [0.15, 0.2) is 34.4 Å². The number of pyridine rings is 3. The van der Waals surface area contributed by atoms with Gasteiger partial charge in [-0.15, -0.1) is 19.7 Å². The van der Waals surface area contributed by atoms with Gasteiger partial charge in [-0.05, 0) is 200 Å². The number of likely N-dealkylation sites (N-methyl/N-ethyl adjacent to an activating group) is 3. The van der Waals surface area contributed by atoms with Crippen molar-refractivity contribution in [3.05, 3.63) is 231 Å². The lowest BCUT2D eigenvalue weighted by atomic mass is 9.76. The molecule has 1 unspecified atom stereocenters. The Labute approximate surface area is 697 Å². The molecule has 0 radical (unpaired) electrons. The van der Waals surface area contributed by atoms with Crippen molar-refractivity contribution in [1.29, 1.82) is 0 Å². The van der Waals surface area contributed by atoms with Crippen LogP contribution in [0.4, 0.5) is 52.0 Å². The summed E-state index contributed by atoms with van der Waals surface area (Å²) in [6.07, 6.45) is 18.6. The summed E-state index contributed by atoms with van der Waals surface area (Å²) in [6.45, 7) is 35.0. The Morgan fingerprint density at radius 3 is 1.08 bits per heavy atom. The van der Waals surface area contributed by atoms with Gasteiger partial charge < -0.3 is 56.4 Å². The van der Waals surface area contributed by atoms with Crippen molar-refractivity contribution in [2.24, 2.45) is 5.73 Å². The average Bonchev–Trinajstić information content (AvgIpc) is 1.57. The van der Waals surface area contributed by atoms with E-state index in [0.29, 0.717) is 81.5 Å². The Morgan fingerprint density at radius 1 is 0.417 bits per heavy atom. The van der Waals surface area contributed by atoms with E-state index >= 15 is 0 Å². The monoisotopic (exact) mass is 1620 g/mol. The highest BCUT2D eigenvalue weighted by Crippen LogP contribution is 2.39. The number of carbonyl (C=O) groups is 1. The number of piperazine rings is 3. The van der Waals surface area contributed by atoms with Crippen LogP contribution < -0.4 is 58.4 Å². The first kappa shape index (κ1) is 81.2. The van der Waals surface area contributed by atoms with Gasteiger partial charge in [-0.1, -0.05) is 50.3 Å². The molecule has 6 N–H and O–H groups in total. The van der Waals surface area contributed by atoms with Gasteiger partial charge >= 0.3 is 0 Å². The molecule has 12 aromatic rings. The molecule has 12 heterocycles. The van der Waals surface area contributed by atoms with Crippen LogP contribution >= 0.6 is 0 Å². The molecule has 30 nitrogen and oxygen atoms in total. The molecule has 1 amide bonds. The van der Waals surface area contributed by atoms with Crippen molar-refractivity contribution in [3.8, 4) is 17.5 Å². The summed E-state index contributed by atoms with van der Waals surface area (Å²) < 4.78 is 10.1. The molecule has 2 atom stereocenters. The summed E-state index contributed by atoms with van der Waals surface area (Å²) in [4.78, 5) is 109. The standard InChI is InChI=1S/C31H37N9O2.C30H36N8O.C29H35N9O/c1-5-15-39-29(42)25-20-32-30(33-23-9-11-24(12-10-23)38-18-16-37(4)17-19-38)35-28(25)40(39)26-13-8-22-7-6-14-31(3,27(22)34-26)36-21(2)41;1-5-15-37-28(39)24-20-31-29(32-22-9-11-23(12-10-22)36-18-16-35(4)17-19-36)34-27(24)38(37)25-13-8-21-7-6-14-30(2,3)26(21)33-25;1-4-14-37-27(39)23-19-31-28(32-21-8-10-22(11-9-21)36-17-15-35(3)16-18-36)34-26(23)38(37)24-12-7-20-6-5-13-29(2,30)25(20)33-24/h5,8-13,20H,1,6-7,14-19H2,2-4H3,(H,36,41)(H,32,33,35);5,8-13,20H,1,6-7,14-19H2,2-4H3,(H,31,32,34);4,7-12,19H,1,5-6,13-18,30H2,2-3H3,(H,31,32,34)/t31-;;/m1../s1. The molecular formula is C90H108N26O4. The van der Waals surface area contributed by atoms with Gasteiger partial charge in [-0.2, -0.15) is 15.0 Å². The van der Waals surface area contributed by atoms with Gasteiger partial charge in [0.2, 0.25) is 23.8 Å². The number of carbonyl (C=O) groups excluding carboxylic acids is 1. The average molecular weight is 1620 g/mol. The fourth-order valence-corrected chi connectivity index (χ4v) is 17.5. The zero-order chi connectivity index (χ0) is 83.7. The van der Waals surface area contributed by atoms with Gasteiger partial charge in [0.05, 0.1) is 47.8 Å². The quantitative estimate of drug-likeness (QED) is 0.0470. The van der Waals surface area contributed by atoms with Gasteiger partial charge in [0.25, 0.3) is 16.7 Å². The highest BCUT2D eigenvalue weighted by molar-refractivity contribution is 5.80. The fraction of sp³-hybridized carbons (Fsp3) is 0.389. The minimum Gasteiger partial charge on any atom is -0.369 e. The first-order chi connectivity index (χ1) is 57.9. The molecule has 0 bridgehead atoms. The predicted octanol–water partition coefficient (Wildman–Crippen LogP) is 10.8. The molecule has 9 aromatic heterocycles. The van der Waals surface area contributed by atoms with Crippen molar-refractivity contribution in [3.63, 3.8) is 0 Å². The summed E-state index contributed by atoms with van der Waals surface area (Å²) in [5, 5.41) is 14.3. The predicted molar refractivity (Wildman–Crippen MR) is 476 cm³/mol. The maximum atomic E-state index is 13.5.